The Morgan fingerprint density at radius 1 is 1.00 bits per heavy atom. The fraction of sp³-hybridized carbons (Fsp3) is 0.217. The van der Waals surface area contributed by atoms with E-state index in [-0.39, 0.29) is 5.91 Å². The lowest BCUT2D eigenvalue weighted by molar-refractivity contribution is 0.0993. The zero-order valence-electron chi connectivity index (χ0n) is 16.0. The van der Waals surface area contributed by atoms with Crippen LogP contribution in [0, 0.1) is 0 Å². The molecule has 0 aliphatic carbocycles. The molecule has 5 nitrogen and oxygen atoms in total. The number of amides is 1. The Morgan fingerprint density at radius 2 is 1.71 bits per heavy atom. The third kappa shape index (κ3) is 3.98. The monoisotopic (exact) mass is 372 g/mol. The topological polar surface area (TPSA) is 48.5 Å². The Labute approximate surface area is 165 Å². The fourth-order valence-electron chi connectivity index (χ4n) is 3.47. The van der Waals surface area contributed by atoms with Gasteiger partial charge in [-0.05, 0) is 61.4 Å². The predicted molar refractivity (Wildman–Crippen MR) is 115 cm³/mol. The van der Waals surface area contributed by atoms with Gasteiger partial charge in [-0.3, -0.25) is 4.79 Å². The summed E-state index contributed by atoms with van der Waals surface area (Å²) in [7, 11) is 1.78. The van der Waals surface area contributed by atoms with Crippen LogP contribution in [0.2, 0.25) is 0 Å². The van der Waals surface area contributed by atoms with E-state index in [1.165, 1.54) is 18.5 Å². The summed E-state index contributed by atoms with van der Waals surface area (Å²) < 4.78 is 0. The van der Waals surface area contributed by atoms with E-state index in [2.05, 4.69) is 39.5 Å². The van der Waals surface area contributed by atoms with Crippen LogP contribution in [0.1, 0.15) is 23.2 Å². The van der Waals surface area contributed by atoms with Gasteiger partial charge in [-0.1, -0.05) is 18.2 Å². The van der Waals surface area contributed by atoms with Gasteiger partial charge in [0.2, 0.25) is 0 Å². The quantitative estimate of drug-likeness (QED) is 0.705. The lowest BCUT2D eigenvalue weighted by Gasteiger charge is -2.18. The minimum absolute atomic E-state index is 0.0685. The van der Waals surface area contributed by atoms with Crippen molar-refractivity contribution in [3.63, 3.8) is 0 Å². The van der Waals surface area contributed by atoms with Gasteiger partial charge in [0.1, 0.15) is 5.82 Å². The number of carbonyl (C=O) groups excluding carboxylic acids is 1. The zero-order chi connectivity index (χ0) is 19.3. The lowest BCUT2D eigenvalue weighted by atomic mass is 10.2. The van der Waals surface area contributed by atoms with E-state index in [1.807, 2.05) is 30.3 Å². The summed E-state index contributed by atoms with van der Waals surface area (Å²) in [6.45, 7) is 2.26. The molecule has 28 heavy (non-hydrogen) atoms. The first-order valence-electron chi connectivity index (χ1n) is 9.62. The van der Waals surface area contributed by atoms with Gasteiger partial charge in [-0.2, -0.15) is 0 Å². The highest BCUT2D eigenvalue weighted by atomic mass is 16.2. The minimum atomic E-state index is -0.0685. The highest BCUT2D eigenvalue weighted by Crippen LogP contribution is 2.24. The molecule has 0 radical (unpaired) electrons. The van der Waals surface area contributed by atoms with Crippen LogP contribution in [-0.2, 0) is 0 Å². The molecule has 0 unspecified atom stereocenters. The Morgan fingerprint density at radius 3 is 2.43 bits per heavy atom. The first-order valence-corrected chi connectivity index (χ1v) is 9.62. The number of pyridine rings is 1. The molecule has 0 bridgehead atoms. The van der Waals surface area contributed by atoms with Crippen molar-refractivity contribution in [2.75, 3.05) is 35.3 Å². The highest BCUT2D eigenvalue weighted by molar-refractivity contribution is 6.06. The van der Waals surface area contributed by atoms with Gasteiger partial charge in [0.15, 0.2) is 0 Å². The number of nitrogens with one attached hydrogen (secondary N) is 1. The van der Waals surface area contributed by atoms with Gasteiger partial charge in [-0.25, -0.2) is 4.98 Å². The Bertz CT molecular complexity index is 934. The summed E-state index contributed by atoms with van der Waals surface area (Å²) in [6, 6.07) is 21.5. The average Bonchev–Trinajstić information content (AvgIpc) is 3.29. The standard InChI is InChI=1S/C23H24N4O/c1-26(20-7-3-2-4-8-20)23(28)18-13-14-24-22(17-18)25-19-9-11-21(12-10-19)27-15-5-6-16-27/h2-4,7-14,17H,5-6,15-16H2,1H3,(H,24,25). The van der Waals surface area contributed by atoms with Crippen LogP contribution in [0.4, 0.5) is 22.9 Å². The molecule has 1 aliphatic heterocycles. The zero-order valence-corrected chi connectivity index (χ0v) is 16.0. The Kier molecular flexibility index (Phi) is 5.24. The first kappa shape index (κ1) is 18.0. The number of hydrogen-bond donors (Lipinski definition) is 1. The Hall–Kier alpha value is -3.34. The normalized spacial score (nSPS) is 13.4. The summed E-state index contributed by atoms with van der Waals surface area (Å²) in [5.41, 5.74) is 3.66. The molecule has 0 atom stereocenters. The molecular formula is C23H24N4O. The maximum Gasteiger partial charge on any atom is 0.258 e. The van der Waals surface area contributed by atoms with E-state index >= 15 is 0 Å². The summed E-state index contributed by atoms with van der Waals surface area (Å²) in [4.78, 5) is 21.2. The predicted octanol–water partition coefficient (Wildman–Crippen LogP) is 4.70. The van der Waals surface area contributed by atoms with Crippen molar-refractivity contribution in [1.82, 2.24) is 4.98 Å². The van der Waals surface area contributed by atoms with Crippen LogP contribution >= 0.6 is 0 Å². The molecule has 1 aliphatic rings. The van der Waals surface area contributed by atoms with Crippen molar-refractivity contribution >= 4 is 28.8 Å². The molecular weight excluding hydrogens is 348 g/mol. The summed E-state index contributed by atoms with van der Waals surface area (Å²) >= 11 is 0. The first-order chi connectivity index (χ1) is 13.7. The van der Waals surface area contributed by atoms with Crippen LogP contribution in [0.15, 0.2) is 72.9 Å². The summed E-state index contributed by atoms with van der Waals surface area (Å²) in [5, 5.41) is 3.30. The van der Waals surface area contributed by atoms with E-state index in [0.29, 0.717) is 11.4 Å². The summed E-state index contributed by atoms with van der Waals surface area (Å²) in [6.07, 6.45) is 4.19. The van der Waals surface area contributed by atoms with Gasteiger partial charge in [0.25, 0.3) is 5.91 Å². The second kappa shape index (κ2) is 8.13. The number of anilines is 4. The van der Waals surface area contributed by atoms with Crippen LogP contribution in [0.5, 0.6) is 0 Å². The van der Waals surface area contributed by atoms with Crippen molar-refractivity contribution in [2.45, 2.75) is 12.8 Å². The highest BCUT2D eigenvalue weighted by Gasteiger charge is 2.14. The van der Waals surface area contributed by atoms with Crippen molar-refractivity contribution < 1.29 is 4.79 Å². The molecule has 0 spiro atoms. The van der Waals surface area contributed by atoms with E-state index in [1.54, 1.807) is 30.3 Å². The van der Waals surface area contributed by atoms with Crippen LogP contribution in [0.25, 0.3) is 0 Å². The van der Waals surface area contributed by atoms with Gasteiger partial charge in [0, 0.05) is 49.0 Å². The Balaban J connectivity index is 1.47. The van der Waals surface area contributed by atoms with Crippen molar-refractivity contribution in [3.8, 4) is 0 Å². The molecule has 0 saturated carbocycles. The van der Waals surface area contributed by atoms with Crippen LogP contribution < -0.4 is 15.1 Å². The molecule has 1 amide bonds. The molecule has 3 aromatic rings. The number of benzene rings is 2. The van der Waals surface area contributed by atoms with Gasteiger partial charge >= 0.3 is 0 Å². The van der Waals surface area contributed by atoms with Crippen LogP contribution in [-0.4, -0.2) is 31.0 Å². The number of carbonyl (C=O) groups is 1. The van der Waals surface area contributed by atoms with Crippen LogP contribution in [0.3, 0.4) is 0 Å². The molecule has 142 valence electrons. The maximum atomic E-state index is 12.8. The summed E-state index contributed by atoms with van der Waals surface area (Å²) in [5.74, 6) is 0.585. The number of nitrogens with zero attached hydrogens (tertiary/aromatic N) is 3. The lowest BCUT2D eigenvalue weighted by Crippen LogP contribution is -2.26. The molecule has 1 saturated heterocycles. The minimum Gasteiger partial charge on any atom is -0.372 e. The molecule has 4 rings (SSSR count). The molecule has 5 heteroatoms. The molecule has 1 fully saturated rings. The molecule has 2 heterocycles. The number of hydrogen-bond acceptors (Lipinski definition) is 4. The molecule has 1 aromatic heterocycles. The van der Waals surface area contributed by atoms with E-state index in [4.69, 9.17) is 0 Å². The van der Waals surface area contributed by atoms with Crippen molar-refractivity contribution in [3.05, 3.63) is 78.5 Å². The van der Waals surface area contributed by atoms with Gasteiger partial charge < -0.3 is 15.1 Å². The molecule has 1 N–H and O–H groups in total. The van der Waals surface area contributed by atoms with Crippen molar-refractivity contribution in [1.29, 1.82) is 0 Å². The number of aromatic nitrogens is 1. The third-order valence-corrected chi connectivity index (χ3v) is 5.07. The van der Waals surface area contributed by atoms with E-state index < -0.39 is 0 Å². The molecule has 2 aromatic carbocycles. The number of rotatable bonds is 5. The van der Waals surface area contributed by atoms with E-state index in [0.717, 1.165) is 24.5 Å². The van der Waals surface area contributed by atoms with Gasteiger partial charge in [-0.15, -0.1) is 0 Å². The third-order valence-electron chi connectivity index (χ3n) is 5.07. The second-order valence-electron chi connectivity index (χ2n) is 7.00. The van der Waals surface area contributed by atoms with Gasteiger partial charge in [0.05, 0.1) is 0 Å². The number of para-hydroxylation sites is 1. The fourth-order valence-corrected chi connectivity index (χ4v) is 3.47. The van der Waals surface area contributed by atoms with Crippen molar-refractivity contribution in [2.24, 2.45) is 0 Å². The smallest absolute Gasteiger partial charge is 0.258 e. The SMILES string of the molecule is CN(C(=O)c1ccnc(Nc2ccc(N3CCCC3)cc2)c1)c1ccccc1. The maximum absolute atomic E-state index is 12.8. The average molecular weight is 372 g/mol. The van der Waals surface area contributed by atoms with E-state index in [9.17, 15) is 4.79 Å². The second-order valence-corrected chi connectivity index (χ2v) is 7.00. The largest absolute Gasteiger partial charge is 0.372 e.